The molecule has 7 heteroatoms. The van der Waals surface area contributed by atoms with Crippen molar-refractivity contribution in [2.24, 2.45) is 0 Å². The smallest absolute Gasteiger partial charge is 0.249 e. The molecule has 0 radical (unpaired) electrons. The van der Waals surface area contributed by atoms with Crippen LogP contribution in [-0.4, -0.2) is 62.0 Å². The lowest BCUT2D eigenvalue weighted by molar-refractivity contribution is -0.136. The molecule has 1 aromatic heterocycles. The van der Waals surface area contributed by atoms with Crippen molar-refractivity contribution in [1.29, 1.82) is 0 Å². The fourth-order valence-electron chi connectivity index (χ4n) is 3.46. The summed E-state index contributed by atoms with van der Waals surface area (Å²) in [5.74, 6) is 0.751. The zero-order valence-corrected chi connectivity index (χ0v) is 15.6. The first-order valence-electron chi connectivity index (χ1n) is 9.43. The first kappa shape index (κ1) is 18.0. The summed E-state index contributed by atoms with van der Waals surface area (Å²) in [6.45, 7) is 3.41. The number of aromatic nitrogens is 1. The number of benzene rings is 1. The van der Waals surface area contributed by atoms with Crippen LogP contribution in [-0.2, 0) is 20.8 Å². The Balaban J connectivity index is 1.69. The average Bonchev–Trinajstić information content (AvgIpc) is 3.46. The molecule has 0 N–H and O–H groups in total. The van der Waals surface area contributed by atoms with Crippen LogP contribution >= 0.6 is 0 Å². The molecule has 1 saturated heterocycles. The molecule has 1 aliphatic heterocycles. The molecule has 0 atom stereocenters. The number of carbonyl (C=O) groups excluding carboxylic acids is 1. The standard InChI is InChI=1S/C20H25N3O4/c1-25-14-18(24)23(16-7-8-16)13-17-19(15-5-3-2-4-6-15)21-27-20(17)22-9-11-26-12-10-22/h2-6,16H,7-14H2,1H3. The van der Waals surface area contributed by atoms with Gasteiger partial charge in [-0.3, -0.25) is 4.79 Å². The Morgan fingerprint density at radius 2 is 2.00 bits per heavy atom. The third-order valence-corrected chi connectivity index (χ3v) is 5.02. The van der Waals surface area contributed by atoms with Gasteiger partial charge in [0.25, 0.3) is 0 Å². The predicted octanol–water partition coefficient (Wildman–Crippen LogP) is 2.32. The molecule has 0 unspecified atom stereocenters. The van der Waals surface area contributed by atoms with Gasteiger partial charge in [0.1, 0.15) is 12.3 Å². The molecule has 1 aliphatic carbocycles. The third kappa shape index (κ3) is 3.99. The van der Waals surface area contributed by atoms with Gasteiger partial charge in [0.2, 0.25) is 11.8 Å². The summed E-state index contributed by atoms with van der Waals surface area (Å²) in [7, 11) is 1.55. The highest BCUT2D eigenvalue weighted by molar-refractivity contribution is 5.79. The second-order valence-corrected chi connectivity index (χ2v) is 6.97. The van der Waals surface area contributed by atoms with Gasteiger partial charge >= 0.3 is 0 Å². The summed E-state index contributed by atoms with van der Waals surface area (Å²) >= 11 is 0. The van der Waals surface area contributed by atoms with E-state index in [2.05, 4.69) is 10.1 Å². The Morgan fingerprint density at radius 1 is 1.26 bits per heavy atom. The van der Waals surface area contributed by atoms with Crippen molar-refractivity contribution < 1.29 is 18.8 Å². The summed E-state index contributed by atoms with van der Waals surface area (Å²) in [6.07, 6.45) is 2.07. The minimum Gasteiger partial charge on any atom is -0.378 e. The quantitative estimate of drug-likeness (QED) is 0.744. The van der Waals surface area contributed by atoms with E-state index in [1.54, 1.807) is 7.11 Å². The van der Waals surface area contributed by atoms with Gasteiger partial charge in [-0.2, -0.15) is 0 Å². The number of amides is 1. The molecule has 0 spiro atoms. The van der Waals surface area contributed by atoms with E-state index < -0.39 is 0 Å². The number of methoxy groups -OCH3 is 1. The fourth-order valence-corrected chi connectivity index (χ4v) is 3.46. The Kier molecular flexibility index (Phi) is 5.40. The average molecular weight is 371 g/mol. The molecule has 7 nitrogen and oxygen atoms in total. The van der Waals surface area contributed by atoms with Crippen LogP contribution in [0.1, 0.15) is 18.4 Å². The monoisotopic (exact) mass is 371 g/mol. The number of ether oxygens (including phenoxy) is 2. The molecule has 1 aromatic carbocycles. The number of carbonyl (C=O) groups is 1. The second-order valence-electron chi connectivity index (χ2n) is 6.97. The van der Waals surface area contributed by atoms with E-state index in [0.29, 0.717) is 19.8 Å². The van der Waals surface area contributed by atoms with Gasteiger partial charge < -0.3 is 23.8 Å². The molecular formula is C20H25N3O4. The van der Waals surface area contributed by atoms with E-state index >= 15 is 0 Å². The van der Waals surface area contributed by atoms with E-state index in [4.69, 9.17) is 14.0 Å². The van der Waals surface area contributed by atoms with Gasteiger partial charge in [0.15, 0.2) is 0 Å². The van der Waals surface area contributed by atoms with E-state index in [0.717, 1.165) is 48.6 Å². The Bertz CT molecular complexity index is 767. The topological polar surface area (TPSA) is 68.0 Å². The molecule has 2 aromatic rings. The Morgan fingerprint density at radius 3 is 2.67 bits per heavy atom. The highest BCUT2D eigenvalue weighted by atomic mass is 16.5. The van der Waals surface area contributed by atoms with E-state index in [1.165, 1.54) is 0 Å². The maximum Gasteiger partial charge on any atom is 0.249 e. The van der Waals surface area contributed by atoms with E-state index in [-0.39, 0.29) is 18.6 Å². The van der Waals surface area contributed by atoms with Gasteiger partial charge in [-0.25, -0.2) is 0 Å². The molecule has 2 aliphatic rings. The fraction of sp³-hybridized carbons (Fsp3) is 0.500. The number of morpholine rings is 1. The van der Waals surface area contributed by atoms with Gasteiger partial charge in [-0.15, -0.1) is 0 Å². The first-order valence-corrected chi connectivity index (χ1v) is 9.43. The van der Waals surface area contributed by atoms with E-state index in [1.807, 2.05) is 35.2 Å². The molecule has 144 valence electrons. The molecule has 0 bridgehead atoms. The van der Waals surface area contributed by atoms with Crippen LogP contribution < -0.4 is 4.90 Å². The molecule has 27 heavy (non-hydrogen) atoms. The molecule has 2 fully saturated rings. The second kappa shape index (κ2) is 8.10. The SMILES string of the molecule is COCC(=O)N(Cc1c(-c2ccccc2)noc1N1CCOCC1)C1CC1. The lowest BCUT2D eigenvalue weighted by atomic mass is 10.1. The maximum atomic E-state index is 12.6. The van der Waals surface area contributed by atoms with Crippen molar-refractivity contribution in [1.82, 2.24) is 10.1 Å². The number of anilines is 1. The van der Waals surface area contributed by atoms with Crippen LogP contribution in [0.4, 0.5) is 5.88 Å². The number of hydrogen-bond acceptors (Lipinski definition) is 6. The maximum absolute atomic E-state index is 12.6. The molecule has 2 heterocycles. The van der Waals surface area contributed by atoms with Crippen molar-refractivity contribution in [2.75, 3.05) is 44.9 Å². The number of nitrogens with zero attached hydrogens (tertiary/aromatic N) is 3. The normalized spacial score (nSPS) is 17.1. The molecule has 1 saturated carbocycles. The van der Waals surface area contributed by atoms with Gasteiger partial charge in [-0.05, 0) is 12.8 Å². The van der Waals surface area contributed by atoms with Crippen LogP contribution in [0.5, 0.6) is 0 Å². The zero-order valence-electron chi connectivity index (χ0n) is 15.6. The summed E-state index contributed by atoms with van der Waals surface area (Å²) in [6, 6.07) is 10.3. The Labute approximate surface area is 158 Å². The van der Waals surface area contributed by atoms with Crippen molar-refractivity contribution in [2.45, 2.75) is 25.4 Å². The highest BCUT2D eigenvalue weighted by Gasteiger charge is 2.35. The Hall–Kier alpha value is -2.38. The van der Waals surface area contributed by atoms with Crippen molar-refractivity contribution >= 4 is 11.8 Å². The van der Waals surface area contributed by atoms with Gasteiger partial charge in [0.05, 0.1) is 25.3 Å². The van der Waals surface area contributed by atoms with Crippen LogP contribution in [0.2, 0.25) is 0 Å². The molecule has 1 amide bonds. The molecule has 4 rings (SSSR count). The highest BCUT2D eigenvalue weighted by Crippen LogP contribution is 2.36. The lowest BCUT2D eigenvalue weighted by Gasteiger charge is -2.28. The first-order chi connectivity index (χ1) is 13.3. The summed E-state index contributed by atoms with van der Waals surface area (Å²) in [5, 5.41) is 4.37. The number of hydrogen-bond donors (Lipinski definition) is 0. The third-order valence-electron chi connectivity index (χ3n) is 5.02. The minimum atomic E-state index is 0.00754. The van der Waals surface area contributed by atoms with Gasteiger partial charge in [-0.1, -0.05) is 35.5 Å². The van der Waals surface area contributed by atoms with Crippen LogP contribution in [0.3, 0.4) is 0 Å². The van der Waals surface area contributed by atoms with Crippen LogP contribution in [0.25, 0.3) is 11.3 Å². The molecular weight excluding hydrogens is 346 g/mol. The minimum absolute atomic E-state index is 0.00754. The zero-order chi connectivity index (χ0) is 18.6. The predicted molar refractivity (Wildman–Crippen MR) is 100 cm³/mol. The largest absolute Gasteiger partial charge is 0.378 e. The van der Waals surface area contributed by atoms with E-state index in [9.17, 15) is 4.79 Å². The summed E-state index contributed by atoms with van der Waals surface area (Å²) < 4.78 is 16.3. The lowest BCUT2D eigenvalue weighted by Crippen LogP contribution is -2.38. The van der Waals surface area contributed by atoms with Crippen LogP contribution in [0.15, 0.2) is 34.9 Å². The van der Waals surface area contributed by atoms with Crippen molar-refractivity contribution in [3.05, 3.63) is 35.9 Å². The summed E-state index contributed by atoms with van der Waals surface area (Å²) in [5.41, 5.74) is 2.75. The van der Waals surface area contributed by atoms with Crippen molar-refractivity contribution in [3.8, 4) is 11.3 Å². The van der Waals surface area contributed by atoms with Crippen molar-refractivity contribution in [3.63, 3.8) is 0 Å². The van der Waals surface area contributed by atoms with Crippen LogP contribution in [0, 0.1) is 0 Å². The number of rotatable bonds is 7. The summed E-state index contributed by atoms with van der Waals surface area (Å²) in [4.78, 5) is 16.7. The van der Waals surface area contributed by atoms with Gasteiger partial charge in [0, 0.05) is 31.8 Å².